The van der Waals surface area contributed by atoms with E-state index in [-0.39, 0.29) is 11.9 Å². The average molecular weight is 247 g/mol. The monoisotopic (exact) mass is 247 g/mol. The minimum Gasteiger partial charge on any atom is -0.340 e. The molecule has 2 aliphatic rings. The van der Waals surface area contributed by atoms with E-state index in [1.54, 1.807) is 0 Å². The third-order valence-corrected chi connectivity index (χ3v) is 4.16. The number of likely N-dealkylation sites (N-methyl/N-ethyl adjacent to an activating group) is 1. The first-order valence-electron chi connectivity index (χ1n) is 6.86. The third-order valence-electron chi connectivity index (χ3n) is 4.16. The Morgan fingerprint density at radius 2 is 2.22 bits per heavy atom. The summed E-state index contributed by atoms with van der Waals surface area (Å²) in [7, 11) is 1.89. The minimum absolute atomic E-state index is 0.120. The highest BCUT2D eigenvalue weighted by molar-refractivity contribution is 5.93. The summed E-state index contributed by atoms with van der Waals surface area (Å²) >= 11 is 0. The number of hydrogen-bond acceptors (Lipinski definition) is 2. The van der Waals surface area contributed by atoms with Gasteiger partial charge in [-0.3, -0.25) is 4.79 Å². The van der Waals surface area contributed by atoms with Gasteiger partial charge in [0.25, 0.3) is 5.91 Å². The maximum absolute atomic E-state index is 12.5. The predicted molar refractivity (Wildman–Crippen MR) is 70.4 cm³/mol. The van der Waals surface area contributed by atoms with Crippen molar-refractivity contribution in [3.8, 4) is 0 Å². The fourth-order valence-electron chi connectivity index (χ4n) is 2.73. The molecule has 0 saturated heterocycles. The van der Waals surface area contributed by atoms with Gasteiger partial charge in [0.2, 0.25) is 0 Å². The van der Waals surface area contributed by atoms with Crippen molar-refractivity contribution < 1.29 is 4.79 Å². The topological polar surface area (TPSA) is 51.3 Å². The molecule has 0 aromatic carbocycles. The standard InChI is InChI=1S/C14H21N3O/c1-16(13(9-15)10-4-5-10)14(18)12-3-2-8-17(12)11-6-7-11/h2-3,8,10-11,13H,4-7,9,15H2,1H3. The first-order chi connectivity index (χ1) is 8.72. The summed E-state index contributed by atoms with van der Waals surface area (Å²) in [4.78, 5) is 14.4. The average Bonchev–Trinajstić information content (AvgIpc) is 3.29. The number of nitrogens with zero attached hydrogens (tertiary/aromatic N) is 2. The summed E-state index contributed by atoms with van der Waals surface area (Å²) in [5.41, 5.74) is 6.63. The zero-order chi connectivity index (χ0) is 12.7. The van der Waals surface area contributed by atoms with Crippen LogP contribution in [0, 0.1) is 5.92 Å². The predicted octanol–water partition coefficient (Wildman–Crippen LogP) is 1.63. The van der Waals surface area contributed by atoms with Crippen molar-refractivity contribution in [1.82, 2.24) is 9.47 Å². The molecule has 2 saturated carbocycles. The van der Waals surface area contributed by atoms with Crippen LogP contribution in [-0.2, 0) is 0 Å². The number of carbonyl (C=O) groups is 1. The van der Waals surface area contributed by atoms with E-state index in [1.165, 1.54) is 25.7 Å². The summed E-state index contributed by atoms with van der Waals surface area (Å²) in [5, 5.41) is 0. The summed E-state index contributed by atoms with van der Waals surface area (Å²) in [6.07, 6.45) is 6.84. The Morgan fingerprint density at radius 3 is 2.78 bits per heavy atom. The molecule has 1 amide bonds. The lowest BCUT2D eigenvalue weighted by Crippen LogP contribution is -2.43. The lowest BCUT2D eigenvalue weighted by atomic mass is 10.1. The molecule has 1 aromatic heterocycles. The Kier molecular flexibility index (Phi) is 2.90. The molecule has 0 aliphatic heterocycles. The van der Waals surface area contributed by atoms with Gasteiger partial charge in [-0.25, -0.2) is 0 Å². The molecule has 0 bridgehead atoms. The van der Waals surface area contributed by atoms with Gasteiger partial charge < -0.3 is 15.2 Å². The summed E-state index contributed by atoms with van der Waals surface area (Å²) in [6, 6.07) is 4.65. The zero-order valence-corrected chi connectivity index (χ0v) is 10.9. The van der Waals surface area contributed by atoms with Crippen LogP contribution in [0.25, 0.3) is 0 Å². The van der Waals surface area contributed by atoms with E-state index in [2.05, 4.69) is 4.57 Å². The second-order valence-electron chi connectivity index (χ2n) is 5.59. The van der Waals surface area contributed by atoms with Gasteiger partial charge in [0.15, 0.2) is 0 Å². The fourth-order valence-corrected chi connectivity index (χ4v) is 2.73. The van der Waals surface area contributed by atoms with Crippen LogP contribution in [-0.4, -0.2) is 35.0 Å². The van der Waals surface area contributed by atoms with Crippen LogP contribution in [0.1, 0.15) is 42.2 Å². The first kappa shape index (κ1) is 11.8. The molecule has 2 N–H and O–H groups in total. The van der Waals surface area contributed by atoms with Crippen LogP contribution in [0.3, 0.4) is 0 Å². The molecule has 1 heterocycles. The van der Waals surface area contributed by atoms with Gasteiger partial charge in [0, 0.05) is 31.9 Å². The first-order valence-corrected chi connectivity index (χ1v) is 6.86. The molecular formula is C14H21N3O. The molecule has 4 heteroatoms. The van der Waals surface area contributed by atoms with Crippen LogP contribution in [0.4, 0.5) is 0 Å². The van der Waals surface area contributed by atoms with E-state index in [9.17, 15) is 4.79 Å². The van der Waals surface area contributed by atoms with E-state index in [4.69, 9.17) is 5.73 Å². The Labute approximate surface area is 108 Å². The number of hydrogen-bond donors (Lipinski definition) is 1. The highest BCUT2D eigenvalue weighted by Gasteiger charge is 2.36. The Morgan fingerprint density at radius 1 is 1.50 bits per heavy atom. The number of nitrogens with two attached hydrogens (primary N) is 1. The molecule has 1 atom stereocenters. The van der Waals surface area contributed by atoms with E-state index < -0.39 is 0 Å². The van der Waals surface area contributed by atoms with Crippen LogP contribution in [0.15, 0.2) is 18.3 Å². The second kappa shape index (κ2) is 4.43. The molecule has 1 unspecified atom stereocenters. The van der Waals surface area contributed by atoms with E-state index >= 15 is 0 Å². The van der Waals surface area contributed by atoms with Crippen molar-refractivity contribution in [2.75, 3.05) is 13.6 Å². The van der Waals surface area contributed by atoms with Crippen molar-refractivity contribution in [1.29, 1.82) is 0 Å². The van der Waals surface area contributed by atoms with Gasteiger partial charge >= 0.3 is 0 Å². The van der Waals surface area contributed by atoms with Gasteiger partial charge in [-0.1, -0.05) is 0 Å². The Hall–Kier alpha value is -1.29. The SMILES string of the molecule is CN(C(=O)c1cccn1C1CC1)C(CN)C1CC1. The summed E-state index contributed by atoms with van der Waals surface area (Å²) < 4.78 is 2.12. The smallest absolute Gasteiger partial charge is 0.270 e. The molecule has 0 spiro atoms. The van der Waals surface area contributed by atoms with Crippen LogP contribution < -0.4 is 5.73 Å². The summed E-state index contributed by atoms with van der Waals surface area (Å²) in [5.74, 6) is 0.738. The molecule has 98 valence electrons. The van der Waals surface area contributed by atoms with Crippen molar-refractivity contribution in [2.24, 2.45) is 11.7 Å². The minimum atomic E-state index is 0.120. The zero-order valence-electron chi connectivity index (χ0n) is 10.9. The quantitative estimate of drug-likeness (QED) is 0.860. The highest BCUT2D eigenvalue weighted by atomic mass is 16.2. The van der Waals surface area contributed by atoms with Crippen molar-refractivity contribution in [2.45, 2.75) is 37.8 Å². The normalized spacial score (nSPS) is 20.8. The van der Waals surface area contributed by atoms with Crippen molar-refractivity contribution in [3.63, 3.8) is 0 Å². The molecule has 0 radical (unpaired) electrons. The van der Waals surface area contributed by atoms with Crippen molar-refractivity contribution in [3.05, 3.63) is 24.0 Å². The third kappa shape index (κ3) is 2.05. The van der Waals surface area contributed by atoms with Crippen LogP contribution in [0.2, 0.25) is 0 Å². The lowest BCUT2D eigenvalue weighted by molar-refractivity contribution is 0.0707. The van der Waals surface area contributed by atoms with Crippen LogP contribution in [0.5, 0.6) is 0 Å². The van der Waals surface area contributed by atoms with Gasteiger partial charge in [-0.05, 0) is 43.7 Å². The van der Waals surface area contributed by atoms with Gasteiger partial charge in [-0.2, -0.15) is 0 Å². The maximum Gasteiger partial charge on any atom is 0.270 e. The van der Waals surface area contributed by atoms with Gasteiger partial charge in [0.1, 0.15) is 5.69 Å². The Bertz CT molecular complexity index is 446. The number of aromatic nitrogens is 1. The van der Waals surface area contributed by atoms with E-state index in [0.717, 1.165) is 5.69 Å². The molecule has 18 heavy (non-hydrogen) atoms. The highest BCUT2D eigenvalue weighted by Crippen LogP contribution is 2.37. The maximum atomic E-state index is 12.5. The van der Waals surface area contributed by atoms with Gasteiger partial charge in [0.05, 0.1) is 0 Å². The fraction of sp³-hybridized carbons (Fsp3) is 0.643. The number of amides is 1. The molecule has 4 nitrogen and oxygen atoms in total. The molecule has 3 rings (SSSR count). The molecule has 2 fully saturated rings. The molecule has 2 aliphatic carbocycles. The van der Waals surface area contributed by atoms with Crippen LogP contribution >= 0.6 is 0 Å². The number of rotatable bonds is 5. The van der Waals surface area contributed by atoms with Gasteiger partial charge in [-0.15, -0.1) is 0 Å². The second-order valence-corrected chi connectivity index (χ2v) is 5.59. The van der Waals surface area contributed by atoms with E-state index in [0.29, 0.717) is 18.5 Å². The summed E-state index contributed by atoms with van der Waals surface area (Å²) in [6.45, 7) is 0.567. The van der Waals surface area contributed by atoms with Crippen molar-refractivity contribution >= 4 is 5.91 Å². The van der Waals surface area contributed by atoms with E-state index in [1.807, 2.05) is 30.3 Å². The molecule has 1 aromatic rings. The molecular weight excluding hydrogens is 226 g/mol. The number of carbonyl (C=O) groups excluding carboxylic acids is 1. The lowest BCUT2D eigenvalue weighted by Gasteiger charge is -2.27. The Balaban J connectivity index is 1.77. The largest absolute Gasteiger partial charge is 0.340 e.